The summed E-state index contributed by atoms with van der Waals surface area (Å²) >= 11 is 0. The smallest absolute Gasteiger partial charge is 0.223 e. The molecule has 1 aliphatic carbocycles. The Balaban J connectivity index is 1.63. The van der Waals surface area contributed by atoms with E-state index in [9.17, 15) is 4.79 Å². The molecule has 1 aliphatic heterocycles. The normalized spacial score (nSPS) is 22.0. The van der Waals surface area contributed by atoms with Crippen LogP contribution in [0.3, 0.4) is 0 Å². The standard InChI is InChI=1S/C19H32N4O/c1-21(2)14-16-13-17(20-22(16)3)18-9-6-12-23(18)19(24)11-10-15-7-4-5-8-15/h13,15,18H,4-12,14H2,1-3H3. The van der Waals surface area contributed by atoms with Crippen molar-refractivity contribution in [3.63, 3.8) is 0 Å². The zero-order chi connectivity index (χ0) is 17.1. The molecule has 1 saturated carbocycles. The number of carbonyl (C=O) groups excluding carboxylic acids is 1. The van der Waals surface area contributed by atoms with E-state index in [0.717, 1.165) is 50.4 Å². The lowest BCUT2D eigenvalue weighted by molar-refractivity contribution is -0.132. The summed E-state index contributed by atoms with van der Waals surface area (Å²) in [6.07, 6.45) is 9.30. The molecule has 0 bridgehead atoms. The minimum atomic E-state index is 0.184. The van der Waals surface area contributed by atoms with Crippen molar-refractivity contribution in [3.05, 3.63) is 17.5 Å². The quantitative estimate of drug-likeness (QED) is 0.804. The lowest BCUT2D eigenvalue weighted by Gasteiger charge is -2.24. The number of carbonyl (C=O) groups is 1. The van der Waals surface area contributed by atoms with E-state index in [1.165, 1.54) is 31.4 Å². The maximum atomic E-state index is 12.7. The Bertz CT molecular complexity index is 560. The summed E-state index contributed by atoms with van der Waals surface area (Å²) in [4.78, 5) is 17.0. The molecule has 0 spiro atoms. The van der Waals surface area contributed by atoms with E-state index in [0.29, 0.717) is 5.91 Å². The summed E-state index contributed by atoms with van der Waals surface area (Å²) < 4.78 is 1.97. The number of nitrogens with zero attached hydrogens (tertiary/aromatic N) is 4. The van der Waals surface area contributed by atoms with Crippen LogP contribution in [-0.2, 0) is 18.4 Å². The molecule has 24 heavy (non-hydrogen) atoms. The minimum absolute atomic E-state index is 0.184. The van der Waals surface area contributed by atoms with Crippen LogP contribution in [0.5, 0.6) is 0 Å². The molecule has 1 amide bonds. The first-order chi connectivity index (χ1) is 11.5. The zero-order valence-corrected chi connectivity index (χ0v) is 15.5. The highest BCUT2D eigenvalue weighted by atomic mass is 16.2. The highest BCUT2D eigenvalue weighted by Gasteiger charge is 2.32. The van der Waals surface area contributed by atoms with Crippen LogP contribution in [0, 0.1) is 5.92 Å². The average molecular weight is 332 g/mol. The predicted octanol–water partition coefficient (Wildman–Crippen LogP) is 3.12. The summed E-state index contributed by atoms with van der Waals surface area (Å²) in [6, 6.07) is 2.37. The maximum absolute atomic E-state index is 12.7. The van der Waals surface area contributed by atoms with Gasteiger partial charge in [0.15, 0.2) is 0 Å². The molecule has 1 saturated heterocycles. The van der Waals surface area contributed by atoms with Gasteiger partial charge in [0.2, 0.25) is 5.91 Å². The lowest BCUT2D eigenvalue weighted by Crippen LogP contribution is -2.30. The van der Waals surface area contributed by atoms with Crippen LogP contribution in [0.15, 0.2) is 6.07 Å². The molecule has 134 valence electrons. The monoisotopic (exact) mass is 332 g/mol. The van der Waals surface area contributed by atoms with Gasteiger partial charge in [-0.1, -0.05) is 25.7 Å². The van der Waals surface area contributed by atoms with Gasteiger partial charge in [0.1, 0.15) is 0 Å². The van der Waals surface area contributed by atoms with E-state index in [-0.39, 0.29) is 6.04 Å². The predicted molar refractivity (Wildman–Crippen MR) is 95.5 cm³/mol. The third-order valence-electron chi connectivity index (χ3n) is 5.63. The Kier molecular flexibility index (Phi) is 5.59. The van der Waals surface area contributed by atoms with E-state index >= 15 is 0 Å². The number of amides is 1. The fourth-order valence-corrected chi connectivity index (χ4v) is 4.31. The van der Waals surface area contributed by atoms with E-state index < -0.39 is 0 Å². The Morgan fingerprint density at radius 2 is 2.00 bits per heavy atom. The van der Waals surface area contributed by atoms with Gasteiger partial charge in [-0.15, -0.1) is 0 Å². The van der Waals surface area contributed by atoms with Gasteiger partial charge in [0.25, 0.3) is 0 Å². The van der Waals surface area contributed by atoms with Gasteiger partial charge in [0, 0.05) is 26.6 Å². The van der Waals surface area contributed by atoms with E-state index in [2.05, 4.69) is 30.0 Å². The van der Waals surface area contributed by atoms with Crippen molar-refractivity contribution in [2.45, 2.75) is 64.0 Å². The number of aryl methyl sites for hydroxylation is 1. The average Bonchev–Trinajstić information content (AvgIpc) is 3.25. The third-order valence-corrected chi connectivity index (χ3v) is 5.63. The molecule has 0 radical (unpaired) electrons. The first-order valence-corrected chi connectivity index (χ1v) is 9.51. The molecule has 1 unspecified atom stereocenters. The second kappa shape index (κ2) is 7.68. The molecule has 0 N–H and O–H groups in total. The van der Waals surface area contributed by atoms with Gasteiger partial charge < -0.3 is 9.80 Å². The lowest BCUT2D eigenvalue weighted by atomic mass is 10.0. The summed E-state index contributed by atoms with van der Waals surface area (Å²) in [7, 11) is 6.14. The highest BCUT2D eigenvalue weighted by Crippen LogP contribution is 2.34. The molecule has 2 heterocycles. The van der Waals surface area contributed by atoms with Crippen molar-refractivity contribution < 1.29 is 4.79 Å². The van der Waals surface area contributed by atoms with Crippen LogP contribution in [-0.4, -0.2) is 46.1 Å². The second-order valence-corrected chi connectivity index (χ2v) is 7.86. The molecule has 1 aromatic rings. The molecule has 5 heteroatoms. The van der Waals surface area contributed by atoms with Crippen LogP contribution in [0.4, 0.5) is 0 Å². The highest BCUT2D eigenvalue weighted by molar-refractivity contribution is 5.77. The third kappa shape index (κ3) is 4.00. The molecule has 2 fully saturated rings. The fraction of sp³-hybridized carbons (Fsp3) is 0.789. The molecule has 1 aromatic heterocycles. The van der Waals surface area contributed by atoms with Gasteiger partial charge in [-0.05, 0) is 45.3 Å². The van der Waals surface area contributed by atoms with Crippen LogP contribution in [0.2, 0.25) is 0 Å². The first-order valence-electron chi connectivity index (χ1n) is 9.51. The van der Waals surface area contributed by atoms with Gasteiger partial charge in [-0.3, -0.25) is 9.48 Å². The van der Waals surface area contributed by atoms with Crippen molar-refractivity contribution in [1.29, 1.82) is 0 Å². The van der Waals surface area contributed by atoms with Crippen molar-refractivity contribution in [3.8, 4) is 0 Å². The molecule has 0 aromatic carbocycles. The largest absolute Gasteiger partial charge is 0.334 e. The topological polar surface area (TPSA) is 41.4 Å². The summed E-state index contributed by atoms with van der Waals surface area (Å²) in [5.74, 6) is 1.13. The molecule has 1 atom stereocenters. The molecule has 5 nitrogen and oxygen atoms in total. The Morgan fingerprint density at radius 3 is 2.71 bits per heavy atom. The van der Waals surface area contributed by atoms with Crippen molar-refractivity contribution in [2.75, 3.05) is 20.6 Å². The van der Waals surface area contributed by atoms with Crippen LogP contribution >= 0.6 is 0 Å². The van der Waals surface area contributed by atoms with Gasteiger partial charge in [0.05, 0.1) is 17.4 Å². The minimum Gasteiger partial charge on any atom is -0.334 e. The number of hydrogen-bond donors (Lipinski definition) is 0. The first kappa shape index (κ1) is 17.5. The van der Waals surface area contributed by atoms with Crippen molar-refractivity contribution >= 4 is 5.91 Å². The van der Waals surface area contributed by atoms with Gasteiger partial charge in [-0.25, -0.2) is 0 Å². The van der Waals surface area contributed by atoms with Crippen LogP contribution < -0.4 is 0 Å². The number of likely N-dealkylation sites (tertiary alicyclic amines) is 1. The maximum Gasteiger partial charge on any atom is 0.223 e. The van der Waals surface area contributed by atoms with Crippen molar-refractivity contribution in [2.24, 2.45) is 13.0 Å². The second-order valence-electron chi connectivity index (χ2n) is 7.86. The fourth-order valence-electron chi connectivity index (χ4n) is 4.31. The van der Waals surface area contributed by atoms with Gasteiger partial charge >= 0.3 is 0 Å². The molecular formula is C19H32N4O. The van der Waals surface area contributed by atoms with E-state index in [1.807, 2.05) is 11.7 Å². The zero-order valence-electron chi connectivity index (χ0n) is 15.5. The Labute approximate surface area is 146 Å². The van der Waals surface area contributed by atoms with Crippen molar-refractivity contribution in [1.82, 2.24) is 19.6 Å². The SMILES string of the molecule is CN(C)Cc1cc(C2CCCN2C(=O)CCC2CCCC2)nn1C. The summed E-state index contributed by atoms with van der Waals surface area (Å²) in [6.45, 7) is 1.78. The summed E-state index contributed by atoms with van der Waals surface area (Å²) in [5, 5.41) is 4.71. The van der Waals surface area contributed by atoms with E-state index in [1.54, 1.807) is 0 Å². The molecule has 3 rings (SSSR count). The van der Waals surface area contributed by atoms with Crippen LogP contribution in [0.25, 0.3) is 0 Å². The Hall–Kier alpha value is -1.36. The van der Waals surface area contributed by atoms with E-state index in [4.69, 9.17) is 5.10 Å². The molecular weight excluding hydrogens is 300 g/mol. The Morgan fingerprint density at radius 1 is 1.25 bits per heavy atom. The number of hydrogen-bond acceptors (Lipinski definition) is 3. The van der Waals surface area contributed by atoms with Gasteiger partial charge in [-0.2, -0.15) is 5.10 Å². The summed E-state index contributed by atoms with van der Waals surface area (Å²) in [5.41, 5.74) is 2.28. The number of rotatable bonds is 6. The molecule has 2 aliphatic rings. The van der Waals surface area contributed by atoms with Crippen LogP contribution in [0.1, 0.15) is 68.8 Å². The number of aromatic nitrogens is 2.